The van der Waals surface area contributed by atoms with E-state index in [9.17, 15) is 9.59 Å². The Labute approximate surface area is 351 Å². The molecule has 10 nitrogen and oxygen atoms in total. The zero-order valence-electron chi connectivity index (χ0n) is 36.0. The number of amides is 2. The number of likely N-dealkylation sites (N-methyl/N-ethyl adjacent to an activating group) is 1. The summed E-state index contributed by atoms with van der Waals surface area (Å²) in [6, 6.07) is 10.6. The number of hydrogen-bond acceptors (Lipinski definition) is 6. The van der Waals surface area contributed by atoms with Gasteiger partial charge in [0.1, 0.15) is 17.7 Å². The normalized spacial score (nSPS) is 24.3. The van der Waals surface area contributed by atoms with Crippen LogP contribution in [0.3, 0.4) is 0 Å². The van der Waals surface area contributed by atoms with E-state index in [1.807, 2.05) is 30.6 Å². The molecule has 1 aromatic carbocycles. The standard InChI is InChI=1S/C49H66N8O2/c1-5-54(6-2)40-28-26-39(27-29-40)48(58)56-30-12-16-43(56)46-50-32-41(52-46)36-22-18-34(19-23-36)35-20-24-37(25-21-35)42-33-51-47(53-42)44-17-13-31-57(44)49(59)45(55(7-3)8-4)38-14-10-9-11-15-38/h9-11,14-15,18,20,22,24,32-33,39-40,43-45H,5-8,12-13,16-17,19,21,23,25-31H2,1-4H3,(H,50,52)(H,51,53)/t39-,40+,43-,44-,45+/m0/s1. The number of carbonyl (C=O) groups is 2. The van der Waals surface area contributed by atoms with E-state index >= 15 is 0 Å². The van der Waals surface area contributed by atoms with Crippen LogP contribution >= 0.6 is 0 Å². The minimum Gasteiger partial charge on any atom is -0.341 e. The number of imidazole rings is 2. The molecule has 59 heavy (non-hydrogen) atoms. The van der Waals surface area contributed by atoms with Crippen molar-refractivity contribution in [1.82, 2.24) is 39.5 Å². The van der Waals surface area contributed by atoms with Gasteiger partial charge in [-0.1, -0.05) is 82.3 Å². The molecule has 3 aromatic rings. The van der Waals surface area contributed by atoms with Gasteiger partial charge >= 0.3 is 0 Å². The van der Waals surface area contributed by atoms with Gasteiger partial charge in [0.15, 0.2) is 0 Å². The van der Waals surface area contributed by atoms with Crippen LogP contribution in [0.15, 0.2) is 78.2 Å². The molecule has 2 aromatic heterocycles. The quantitative estimate of drug-likeness (QED) is 0.169. The lowest BCUT2D eigenvalue weighted by molar-refractivity contribution is -0.139. The largest absolute Gasteiger partial charge is 0.341 e. The molecular weight excluding hydrogens is 733 g/mol. The molecule has 2 saturated heterocycles. The second-order valence-corrected chi connectivity index (χ2v) is 17.3. The first-order valence-corrected chi connectivity index (χ1v) is 22.9. The van der Waals surface area contributed by atoms with E-state index in [4.69, 9.17) is 9.97 Å². The zero-order chi connectivity index (χ0) is 40.9. The molecule has 5 aliphatic rings. The second kappa shape index (κ2) is 18.8. The monoisotopic (exact) mass is 799 g/mol. The Hall–Kier alpha value is -4.54. The molecule has 0 bridgehead atoms. The summed E-state index contributed by atoms with van der Waals surface area (Å²) in [5.74, 6) is 2.49. The first kappa shape index (κ1) is 41.2. The third kappa shape index (κ3) is 8.71. The summed E-state index contributed by atoms with van der Waals surface area (Å²) < 4.78 is 0. The zero-order valence-corrected chi connectivity index (χ0v) is 36.0. The first-order chi connectivity index (χ1) is 28.9. The van der Waals surface area contributed by atoms with Crippen molar-refractivity contribution < 1.29 is 9.59 Å². The van der Waals surface area contributed by atoms with Gasteiger partial charge in [-0.3, -0.25) is 14.5 Å². The van der Waals surface area contributed by atoms with Crippen molar-refractivity contribution in [3.05, 3.63) is 107 Å². The highest BCUT2D eigenvalue weighted by atomic mass is 16.2. The van der Waals surface area contributed by atoms with Gasteiger partial charge in [-0.15, -0.1) is 0 Å². The van der Waals surface area contributed by atoms with E-state index in [1.165, 1.54) is 22.3 Å². The Bertz CT molecular complexity index is 2040. The van der Waals surface area contributed by atoms with Crippen LogP contribution in [0.4, 0.5) is 0 Å². The minimum absolute atomic E-state index is 0.0418. The number of likely N-dealkylation sites (tertiary alicyclic amines) is 2. The van der Waals surface area contributed by atoms with Gasteiger partial charge in [0.25, 0.3) is 0 Å². The van der Waals surface area contributed by atoms with Gasteiger partial charge in [0.2, 0.25) is 11.8 Å². The maximum atomic E-state index is 14.3. The fourth-order valence-electron chi connectivity index (χ4n) is 10.8. The smallest absolute Gasteiger partial charge is 0.245 e. The molecule has 3 fully saturated rings. The lowest BCUT2D eigenvalue weighted by Gasteiger charge is -2.37. The van der Waals surface area contributed by atoms with Crippen LogP contribution in [0.25, 0.3) is 11.1 Å². The summed E-state index contributed by atoms with van der Waals surface area (Å²) in [5, 5.41) is 0. The number of benzene rings is 1. The van der Waals surface area contributed by atoms with Crippen LogP contribution in [0, 0.1) is 5.92 Å². The Morgan fingerprint density at radius 3 is 1.68 bits per heavy atom. The number of carbonyl (C=O) groups excluding carboxylic acids is 2. The summed E-state index contributed by atoms with van der Waals surface area (Å²) in [6.45, 7) is 14.2. The maximum Gasteiger partial charge on any atom is 0.245 e. The number of H-pyrrole nitrogens is 2. The van der Waals surface area contributed by atoms with Gasteiger partial charge in [-0.25, -0.2) is 9.97 Å². The minimum atomic E-state index is -0.291. The highest BCUT2D eigenvalue weighted by molar-refractivity contribution is 5.84. The molecule has 0 unspecified atom stereocenters. The van der Waals surface area contributed by atoms with Crippen molar-refractivity contribution in [3.63, 3.8) is 0 Å². The Morgan fingerprint density at radius 2 is 1.17 bits per heavy atom. The van der Waals surface area contributed by atoms with E-state index in [-0.39, 0.29) is 30.0 Å². The molecule has 2 amide bonds. The first-order valence-electron chi connectivity index (χ1n) is 22.9. The molecule has 3 atom stereocenters. The predicted molar refractivity (Wildman–Crippen MR) is 236 cm³/mol. The third-order valence-electron chi connectivity index (χ3n) is 14.2. The molecule has 0 spiro atoms. The van der Waals surface area contributed by atoms with Gasteiger partial charge in [0.05, 0.1) is 35.9 Å². The highest BCUT2D eigenvalue weighted by Crippen LogP contribution is 2.40. The van der Waals surface area contributed by atoms with Crippen LogP contribution in [0.1, 0.15) is 151 Å². The van der Waals surface area contributed by atoms with Gasteiger partial charge in [-0.05, 0) is 131 Å². The number of aromatic amines is 2. The highest BCUT2D eigenvalue weighted by Gasteiger charge is 2.39. The van der Waals surface area contributed by atoms with Crippen LogP contribution in [-0.4, -0.2) is 96.7 Å². The summed E-state index contributed by atoms with van der Waals surface area (Å²) >= 11 is 0. The molecule has 2 aliphatic heterocycles. The molecule has 10 heteroatoms. The van der Waals surface area contributed by atoms with Crippen LogP contribution < -0.4 is 0 Å². The van der Waals surface area contributed by atoms with Crippen LogP contribution in [-0.2, 0) is 9.59 Å². The average molecular weight is 799 g/mol. The SMILES string of the molecule is CCN(CC)[C@@H](C(=O)N1CCC[C@H]1c1ncc(C2=CC=C(C3=CC=C(c4cnc([C@@H]5CCCN5C(=O)[C@H]5CC[C@@H](N(CC)CC)CC5)[nH]4)CC3)CC2)[nH]1)c1ccccc1. The van der Waals surface area contributed by atoms with E-state index in [2.05, 4.69) is 93.7 Å². The number of allylic oxidation sites excluding steroid dienone is 8. The predicted octanol–water partition coefficient (Wildman–Crippen LogP) is 9.35. The Balaban J connectivity index is 0.893. The van der Waals surface area contributed by atoms with Crippen molar-refractivity contribution in [2.45, 2.75) is 129 Å². The number of hydrogen-bond donors (Lipinski definition) is 2. The lowest BCUT2D eigenvalue weighted by atomic mass is 9.84. The van der Waals surface area contributed by atoms with E-state index in [1.54, 1.807) is 0 Å². The molecule has 8 rings (SSSR count). The van der Waals surface area contributed by atoms with Crippen molar-refractivity contribution in [3.8, 4) is 0 Å². The summed E-state index contributed by atoms with van der Waals surface area (Å²) in [4.78, 5) is 54.1. The molecule has 3 aliphatic carbocycles. The fraction of sp³-hybridized carbons (Fsp3) is 0.551. The molecule has 1 saturated carbocycles. The summed E-state index contributed by atoms with van der Waals surface area (Å²) in [5.41, 5.74) is 8.53. The lowest BCUT2D eigenvalue weighted by Crippen LogP contribution is -2.43. The number of rotatable bonds is 14. The molecule has 314 valence electrons. The van der Waals surface area contributed by atoms with E-state index in [0.29, 0.717) is 11.9 Å². The van der Waals surface area contributed by atoms with Crippen molar-refractivity contribution in [2.75, 3.05) is 39.3 Å². The topological polar surface area (TPSA) is 104 Å². The molecular formula is C49H66N8O2. The Morgan fingerprint density at radius 1 is 0.661 bits per heavy atom. The van der Waals surface area contributed by atoms with Crippen molar-refractivity contribution >= 4 is 23.0 Å². The van der Waals surface area contributed by atoms with Crippen molar-refractivity contribution in [1.29, 1.82) is 0 Å². The molecule has 0 radical (unpaired) electrons. The average Bonchev–Trinajstić information content (AvgIpc) is 4.14. The van der Waals surface area contributed by atoms with Crippen LogP contribution in [0.2, 0.25) is 0 Å². The Kier molecular flexibility index (Phi) is 13.1. The van der Waals surface area contributed by atoms with E-state index in [0.717, 1.165) is 145 Å². The second-order valence-electron chi connectivity index (χ2n) is 17.3. The summed E-state index contributed by atoms with van der Waals surface area (Å²) in [6.07, 6.45) is 25.1. The van der Waals surface area contributed by atoms with Gasteiger partial charge < -0.3 is 24.7 Å². The fourth-order valence-corrected chi connectivity index (χ4v) is 10.8. The number of nitrogens with zero attached hydrogens (tertiary/aromatic N) is 6. The van der Waals surface area contributed by atoms with Gasteiger partial charge in [-0.2, -0.15) is 0 Å². The maximum absolute atomic E-state index is 14.3. The summed E-state index contributed by atoms with van der Waals surface area (Å²) in [7, 11) is 0. The van der Waals surface area contributed by atoms with Gasteiger partial charge in [0, 0.05) is 25.0 Å². The van der Waals surface area contributed by atoms with Crippen molar-refractivity contribution in [2.24, 2.45) is 5.92 Å². The van der Waals surface area contributed by atoms with Crippen LogP contribution in [0.5, 0.6) is 0 Å². The third-order valence-corrected chi connectivity index (χ3v) is 14.2. The number of nitrogens with one attached hydrogen (secondary N) is 2. The van der Waals surface area contributed by atoms with E-state index < -0.39 is 0 Å². The molecule has 2 N–H and O–H groups in total. The number of aromatic nitrogens is 4. The molecule has 4 heterocycles.